The standard InChI is InChI=1S/C17H22O/c1-5-17(18,15-8-6-12(2)10-15)16-9-7-13(3)14(4)11-16/h6-12,18H,5H2,1-4H3. The average molecular weight is 242 g/mol. The summed E-state index contributed by atoms with van der Waals surface area (Å²) >= 11 is 0. The van der Waals surface area contributed by atoms with E-state index in [2.05, 4.69) is 51.1 Å². The molecule has 18 heavy (non-hydrogen) atoms. The monoisotopic (exact) mass is 242 g/mol. The molecule has 0 fully saturated rings. The van der Waals surface area contributed by atoms with E-state index in [0.717, 1.165) is 11.1 Å². The summed E-state index contributed by atoms with van der Waals surface area (Å²) in [4.78, 5) is 0. The first-order valence-electron chi connectivity index (χ1n) is 6.68. The van der Waals surface area contributed by atoms with Crippen molar-refractivity contribution < 1.29 is 5.11 Å². The second kappa shape index (κ2) is 4.74. The predicted molar refractivity (Wildman–Crippen MR) is 76.5 cm³/mol. The zero-order chi connectivity index (χ0) is 13.3. The highest BCUT2D eigenvalue weighted by atomic mass is 16.3. The van der Waals surface area contributed by atoms with Gasteiger partial charge in [0.25, 0.3) is 0 Å². The zero-order valence-corrected chi connectivity index (χ0v) is 11.7. The van der Waals surface area contributed by atoms with Gasteiger partial charge < -0.3 is 5.11 Å². The van der Waals surface area contributed by atoms with Gasteiger partial charge in [-0.15, -0.1) is 0 Å². The van der Waals surface area contributed by atoms with Gasteiger partial charge in [0, 0.05) is 0 Å². The fourth-order valence-electron chi connectivity index (χ4n) is 2.50. The first-order chi connectivity index (χ1) is 8.47. The van der Waals surface area contributed by atoms with Crippen LogP contribution in [0.5, 0.6) is 0 Å². The molecule has 1 heteroatoms. The SMILES string of the molecule is CCC(O)(C1=CC(C)C=C1)c1ccc(C)c(C)c1. The maximum atomic E-state index is 11.0. The molecule has 0 radical (unpaired) electrons. The molecule has 2 atom stereocenters. The van der Waals surface area contributed by atoms with Crippen molar-refractivity contribution in [1.82, 2.24) is 0 Å². The van der Waals surface area contributed by atoms with Crippen LogP contribution in [0.1, 0.15) is 37.0 Å². The Labute approximate surface area is 110 Å². The second-order valence-electron chi connectivity index (χ2n) is 5.35. The van der Waals surface area contributed by atoms with E-state index in [1.165, 1.54) is 11.1 Å². The van der Waals surface area contributed by atoms with Crippen molar-refractivity contribution in [2.45, 2.75) is 39.7 Å². The summed E-state index contributed by atoms with van der Waals surface area (Å²) < 4.78 is 0. The van der Waals surface area contributed by atoms with Crippen LogP contribution in [-0.4, -0.2) is 5.11 Å². The maximum Gasteiger partial charge on any atom is 0.114 e. The van der Waals surface area contributed by atoms with E-state index in [1.807, 2.05) is 13.0 Å². The molecule has 1 aliphatic carbocycles. The van der Waals surface area contributed by atoms with Gasteiger partial charge in [0.2, 0.25) is 0 Å². The van der Waals surface area contributed by atoms with Crippen LogP contribution in [0.15, 0.2) is 42.0 Å². The number of hydrogen-bond donors (Lipinski definition) is 1. The van der Waals surface area contributed by atoms with Gasteiger partial charge in [-0.3, -0.25) is 0 Å². The molecule has 0 aromatic heterocycles. The highest BCUT2D eigenvalue weighted by Crippen LogP contribution is 2.37. The van der Waals surface area contributed by atoms with Crippen LogP contribution in [0.25, 0.3) is 0 Å². The summed E-state index contributed by atoms with van der Waals surface area (Å²) in [7, 11) is 0. The third-order valence-corrected chi connectivity index (χ3v) is 4.00. The van der Waals surface area contributed by atoms with Crippen LogP contribution >= 0.6 is 0 Å². The Balaban J connectivity index is 2.47. The van der Waals surface area contributed by atoms with Crippen molar-refractivity contribution in [2.75, 3.05) is 0 Å². The number of rotatable bonds is 3. The minimum atomic E-state index is -0.847. The lowest BCUT2D eigenvalue weighted by Gasteiger charge is -2.29. The normalized spacial score (nSPS) is 21.8. The Kier molecular flexibility index (Phi) is 3.45. The predicted octanol–water partition coefficient (Wildman–Crippen LogP) is 4.03. The molecule has 1 aliphatic rings. The minimum Gasteiger partial charge on any atom is -0.380 e. The molecule has 0 bridgehead atoms. The second-order valence-corrected chi connectivity index (χ2v) is 5.35. The molecular weight excluding hydrogens is 220 g/mol. The van der Waals surface area contributed by atoms with Crippen LogP contribution in [0.3, 0.4) is 0 Å². The highest BCUT2D eigenvalue weighted by Gasteiger charge is 2.32. The molecular formula is C17H22O. The van der Waals surface area contributed by atoms with E-state index >= 15 is 0 Å². The third-order valence-electron chi connectivity index (χ3n) is 4.00. The van der Waals surface area contributed by atoms with Crippen LogP contribution < -0.4 is 0 Å². The van der Waals surface area contributed by atoms with Crippen LogP contribution in [0.2, 0.25) is 0 Å². The van der Waals surface area contributed by atoms with E-state index in [9.17, 15) is 5.11 Å². The summed E-state index contributed by atoms with van der Waals surface area (Å²) in [5, 5.41) is 11.0. The number of aryl methyl sites for hydroxylation is 2. The van der Waals surface area contributed by atoms with Crippen molar-refractivity contribution in [2.24, 2.45) is 5.92 Å². The molecule has 96 valence electrons. The Morgan fingerprint density at radius 1 is 1.22 bits per heavy atom. The van der Waals surface area contributed by atoms with Crippen molar-refractivity contribution in [3.8, 4) is 0 Å². The van der Waals surface area contributed by atoms with Gasteiger partial charge in [-0.05, 0) is 48.4 Å². The number of allylic oxidation sites excluding steroid dienone is 2. The van der Waals surface area contributed by atoms with Crippen molar-refractivity contribution in [3.05, 3.63) is 58.7 Å². The summed E-state index contributed by atoms with van der Waals surface area (Å²) in [6.45, 7) is 8.37. The third kappa shape index (κ3) is 2.15. The molecule has 1 N–H and O–H groups in total. The van der Waals surface area contributed by atoms with Crippen LogP contribution in [0.4, 0.5) is 0 Å². The van der Waals surface area contributed by atoms with E-state index in [1.54, 1.807) is 0 Å². The molecule has 0 spiro atoms. The summed E-state index contributed by atoms with van der Waals surface area (Å²) in [5.41, 5.74) is 3.68. The maximum absolute atomic E-state index is 11.0. The van der Waals surface area contributed by atoms with E-state index < -0.39 is 5.60 Å². The summed E-state index contributed by atoms with van der Waals surface area (Å²) in [6, 6.07) is 6.24. The molecule has 0 saturated heterocycles. The molecule has 2 rings (SSSR count). The fourth-order valence-corrected chi connectivity index (χ4v) is 2.50. The number of benzene rings is 1. The lowest BCUT2D eigenvalue weighted by molar-refractivity contribution is 0.0757. The van der Waals surface area contributed by atoms with Gasteiger partial charge >= 0.3 is 0 Å². The lowest BCUT2D eigenvalue weighted by atomic mass is 9.83. The number of aliphatic hydroxyl groups is 1. The molecule has 1 nitrogen and oxygen atoms in total. The quantitative estimate of drug-likeness (QED) is 0.848. The van der Waals surface area contributed by atoms with Gasteiger partial charge in [0.15, 0.2) is 0 Å². The highest BCUT2D eigenvalue weighted by molar-refractivity contribution is 5.44. The summed E-state index contributed by atoms with van der Waals surface area (Å²) in [5.74, 6) is 0.421. The first-order valence-corrected chi connectivity index (χ1v) is 6.68. The molecule has 0 amide bonds. The molecule has 1 aromatic carbocycles. The largest absolute Gasteiger partial charge is 0.380 e. The molecule has 0 heterocycles. The van der Waals surface area contributed by atoms with Crippen LogP contribution in [0, 0.1) is 19.8 Å². The number of hydrogen-bond acceptors (Lipinski definition) is 1. The Morgan fingerprint density at radius 3 is 2.44 bits per heavy atom. The van der Waals surface area contributed by atoms with Gasteiger partial charge in [-0.25, -0.2) is 0 Å². The fraction of sp³-hybridized carbons (Fsp3) is 0.412. The molecule has 0 aliphatic heterocycles. The Morgan fingerprint density at radius 2 is 1.94 bits per heavy atom. The van der Waals surface area contributed by atoms with E-state index in [0.29, 0.717) is 12.3 Å². The van der Waals surface area contributed by atoms with Crippen LogP contribution in [-0.2, 0) is 5.60 Å². The summed E-state index contributed by atoms with van der Waals surface area (Å²) in [6.07, 6.45) is 7.04. The molecule has 0 saturated carbocycles. The zero-order valence-electron chi connectivity index (χ0n) is 11.7. The van der Waals surface area contributed by atoms with Crippen molar-refractivity contribution in [1.29, 1.82) is 0 Å². The smallest absolute Gasteiger partial charge is 0.114 e. The Hall–Kier alpha value is -1.34. The van der Waals surface area contributed by atoms with Gasteiger partial charge in [0.1, 0.15) is 5.60 Å². The topological polar surface area (TPSA) is 20.2 Å². The van der Waals surface area contributed by atoms with Gasteiger partial charge in [-0.2, -0.15) is 0 Å². The molecule has 1 aromatic rings. The van der Waals surface area contributed by atoms with Gasteiger partial charge in [0.05, 0.1) is 0 Å². The lowest BCUT2D eigenvalue weighted by Crippen LogP contribution is -2.26. The van der Waals surface area contributed by atoms with Gasteiger partial charge in [-0.1, -0.05) is 50.3 Å². The molecule has 2 unspecified atom stereocenters. The van der Waals surface area contributed by atoms with E-state index in [-0.39, 0.29) is 0 Å². The first kappa shape index (κ1) is 13.1. The average Bonchev–Trinajstić information content (AvgIpc) is 2.79. The van der Waals surface area contributed by atoms with Crippen molar-refractivity contribution in [3.63, 3.8) is 0 Å². The minimum absolute atomic E-state index is 0.421. The van der Waals surface area contributed by atoms with Crippen molar-refractivity contribution >= 4 is 0 Å². The van der Waals surface area contributed by atoms with E-state index in [4.69, 9.17) is 0 Å². The Bertz CT molecular complexity index is 510.